The minimum Gasteiger partial charge on any atom is -0.351 e. The van der Waals surface area contributed by atoms with E-state index in [4.69, 9.17) is 9.05 Å². The third-order valence-corrected chi connectivity index (χ3v) is 7.35. The molecule has 0 radical (unpaired) electrons. The van der Waals surface area contributed by atoms with Gasteiger partial charge in [0.05, 0.1) is 25.8 Å². The number of anilines is 1. The van der Waals surface area contributed by atoms with Gasteiger partial charge >= 0.3 is 7.60 Å². The summed E-state index contributed by atoms with van der Waals surface area (Å²) < 4.78 is 23.4. The molecular weight excluding hydrogens is 477 g/mol. The number of hydrogen-bond acceptors (Lipinski definition) is 6. The zero-order chi connectivity index (χ0) is 26.8. The number of hydrogen-bond donors (Lipinski definition) is 2. The lowest BCUT2D eigenvalue weighted by Crippen LogP contribution is -2.40. The van der Waals surface area contributed by atoms with Gasteiger partial charge < -0.3 is 24.6 Å². The highest BCUT2D eigenvalue weighted by atomic mass is 31.2. The van der Waals surface area contributed by atoms with E-state index in [0.717, 1.165) is 17.7 Å². The fraction of sp³-hybridized carbons (Fsp3) is 0.481. The number of nitrogens with one attached hydrogen (secondary N) is 2. The minimum absolute atomic E-state index is 0.0603. The maximum Gasteiger partial charge on any atom is 0.335 e. The molecule has 2 amide bonds. The van der Waals surface area contributed by atoms with Crippen molar-refractivity contribution >= 4 is 25.1 Å². The van der Waals surface area contributed by atoms with Crippen LogP contribution in [0.5, 0.6) is 0 Å². The molecule has 0 unspecified atom stereocenters. The zero-order valence-electron chi connectivity index (χ0n) is 22.3. The topological polar surface area (TPSA) is 97.0 Å². The van der Waals surface area contributed by atoms with E-state index in [0.29, 0.717) is 31.0 Å². The molecule has 0 aliphatic rings. The van der Waals surface area contributed by atoms with Crippen molar-refractivity contribution in [2.45, 2.75) is 40.3 Å². The summed E-state index contributed by atoms with van der Waals surface area (Å²) in [6, 6.07) is 14.2. The second-order valence-electron chi connectivity index (χ2n) is 9.81. The molecule has 8 nitrogen and oxygen atoms in total. The molecule has 2 aromatic carbocycles. The highest BCUT2D eigenvalue weighted by molar-refractivity contribution is 7.53. The molecule has 0 aliphatic carbocycles. The summed E-state index contributed by atoms with van der Waals surface area (Å²) in [5.74, 6) is -0.349. The highest BCUT2D eigenvalue weighted by Crippen LogP contribution is 2.51. The Kier molecular flexibility index (Phi) is 11.3. The molecule has 36 heavy (non-hydrogen) atoms. The summed E-state index contributed by atoms with van der Waals surface area (Å²) in [5, 5.41) is 5.87. The first-order valence-electron chi connectivity index (χ1n) is 12.2. The van der Waals surface area contributed by atoms with Gasteiger partial charge in [-0.15, -0.1) is 0 Å². The summed E-state index contributed by atoms with van der Waals surface area (Å²) in [6.45, 7) is 9.79. The summed E-state index contributed by atoms with van der Waals surface area (Å²) >= 11 is 0. The second kappa shape index (κ2) is 13.7. The first-order chi connectivity index (χ1) is 16.9. The molecule has 0 heterocycles. The van der Waals surface area contributed by atoms with Crippen LogP contribution >= 0.6 is 7.60 Å². The molecule has 2 aromatic rings. The quantitative estimate of drug-likeness (QED) is 0.344. The van der Waals surface area contributed by atoms with Crippen molar-refractivity contribution < 1.29 is 23.2 Å². The first kappa shape index (κ1) is 29.7. The molecule has 198 valence electrons. The van der Waals surface area contributed by atoms with Crippen LogP contribution in [0.3, 0.4) is 0 Å². The lowest BCUT2D eigenvalue weighted by Gasteiger charge is -2.28. The Bertz CT molecular complexity index is 1040. The second-order valence-corrected chi connectivity index (χ2v) is 11.9. The van der Waals surface area contributed by atoms with Crippen LogP contribution < -0.4 is 10.6 Å². The van der Waals surface area contributed by atoms with Gasteiger partial charge in [-0.05, 0) is 68.8 Å². The Morgan fingerprint density at radius 1 is 0.972 bits per heavy atom. The monoisotopic (exact) mass is 517 g/mol. The van der Waals surface area contributed by atoms with Gasteiger partial charge in [0, 0.05) is 24.3 Å². The van der Waals surface area contributed by atoms with Crippen molar-refractivity contribution in [2.75, 3.05) is 45.7 Å². The van der Waals surface area contributed by atoms with Crippen molar-refractivity contribution in [3.63, 3.8) is 0 Å². The van der Waals surface area contributed by atoms with E-state index in [1.807, 2.05) is 20.2 Å². The molecule has 9 heteroatoms. The maximum absolute atomic E-state index is 12.7. The lowest BCUT2D eigenvalue weighted by molar-refractivity contribution is -0.115. The molecule has 0 atom stereocenters. The van der Waals surface area contributed by atoms with Crippen LogP contribution in [-0.2, 0) is 31.0 Å². The fourth-order valence-electron chi connectivity index (χ4n) is 3.99. The zero-order valence-corrected chi connectivity index (χ0v) is 23.2. The summed E-state index contributed by atoms with van der Waals surface area (Å²) in [6.07, 6.45) is 0.308. The number of benzene rings is 2. The van der Waals surface area contributed by atoms with Gasteiger partial charge in [0.15, 0.2) is 0 Å². The molecular formula is C27H40N3O5P. The third kappa shape index (κ3) is 10.2. The Labute approximate surface area is 215 Å². The molecule has 0 aliphatic heterocycles. The van der Waals surface area contributed by atoms with E-state index in [-0.39, 0.29) is 29.8 Å². The summed E-state index contributed by atoms with van der Waals surface area (Å²) in [5.41, 5.74) is 2.64. The summed E-state index contributed by atoms with van der Waals surface area (Å²) in [4.78, 5) is 27.4. The smallest absolute Gasteiger partial charge is 0.335 e. The van der Waals surface area contributed by atoms with Crippen molar-refractivity contribution in [1.82, 2.24) is 10.2 Å². The number of rotatable bonds is 14. The van der Waals surface area contributed by atoms with E-state index in [1.54, 1.807) is 56.3 Å². The van der Waals surface area contributed by atoms with Crippen LogP contribution in [0.4, 0.5) is 5.69 Å². The van der Waals surface area contributed by atoms with Crippen LogP contribution in [0.25, 0.3) is 0 Å². The van der Waals surface area contributed by atoms with Crippen molar-refractivity contribution in [1.29, 1.82) is 0 Å². The van der Waals surface area contributed by atoms with Crippen LogP contribution in [0, 0.1) is 5.41 Å². The van der Waals surface area contributed by atoms with Gasteiger partial charge in [-0.25, -0.2) is 0 Å². The Balaban J connectivity index is 1.94. The fourth-order valence-corrected chi connectivity index (χ4v) is 5.69. The van der Waals surface area contributed by atoms with E-state index in [1.165, 1.54) is 0 Å². The molecule has 0 fully saturated rings. The largest absolute Gasteiger partial charge is 0.351 e. The molecule has 0 aromatic heterocycles. The minimum atomic E-state index is -3.19. The maximum atomic E-state index is 12.7. The average molecular weight is 518 g/mol. The SMILES string of the molecule is CCOP(=O)(Cc1ccc(NC(=O)Cc2cccc(C(=O)NCC(C)(C)CN(C)C)c2)cc1)OCC. The highest BCUT2D eigenvalue weighted by Gasteiger charge is 2.24. The van der Waals surface area contributed by atoms with E-state index in [9.17, 15) is 14.2 Å². The van der Waals surface area contributed by atoms with Gasteiger partial charge in [0.1, 0.15) is 0 Å². The van der Waals surface area contributed by atoms with Gasteiger partial charge in [-0.2, -0.15) is 0 Å². The van der Waals surface area contributed by atoms with E-state index < -0.39 is 7.60 Å². The molecule has 0 saturated carbocycles. The van der Waals surface area contributed by atoms with Crippen LogP contribution in [0.15, 0.2) is 48.5 Å². The number of carbonyl (C=O) groups excluding carboxylic acids is 2. The lowest BCUT2D eigenvalue weighted by atomic mass is 9.93. The predicted octanol–water partition coefficient (Wildman–Crippen LogP) is 4.95. The van der Waals surface area contributed by atoms with Gasteiger partial charge in [0.25, 0.3) is 5.91 Å². The van der Waals surface area contributed by atoms with E-state index >= 15 is 0 Å². The Morgan fingerprint density at radius 3 is 2.19 bits per heavy atom. The van der Waals surface area contributed by atoms with Crippen molar-refractivity contribution in [3.05, 3.63) is 65.2 Å². The van der Waals surface area contributed by atoms with Crippen molar-refractivity contribution in [2.24, 2.45) is 5.41 Å². The van der Waals surface area contributed by atoms with Crippen molar-refractivity contribution in [3.8, 4) is 0 Å². The molecule has 0 spiro atoms. The molecule has 0 bridgehead atoms. The number of carbonyl (C=O) groups is 2. The summed E-state index contributed by atoms with van der Waals surface area (Å²) in [7, 11) is 0.833. The standard InChI is InChI=1S/C27H40N3O5P/c1-7-34-36(33,35-8-2)18-21-12-14-24(15-13-21)29-25(31)17-22-10-9-11-23(16-22)26(32)28-19-27(3,4)20-30(5)6/h9-16H,7-8,17-20H2,1-6H3,(H,28,32)(H,29,31). The third-order valence-electron chi connectivity index (χ3n) is 5.29. The Hall–Kier alpha value is -2.51. The number of nitrogens with zero attached hydrogens (tertiary/aromatic N) is 1. The Morgan fingerprint density at radius 2 is 1.61 bits per heavy atom. The average Bonchev–Trinajstić information content (AvgIpc) is 2.78. The van der Waals surface area contributed by atoms with Crippen LogP contribution in [-0.4, -0.2) is 57.1 Å². The van der Waals surface area contributed by atoms with E-state index in [2.05, 4.69) is 29.4 Å². The predicted molar refractivity (Wildman–Crippen MR) is 144 cm³/mol. The molecule has 2 N–H and O–H groups in total. The van der Waals surface area contributed by atoms with Gasteiger partial charge in [-0.3, -0.25) is 14.2 Å². The van der Waals surface area contributed by atoms with Gasteiger partial charge in [-0.1, -0.05) is 38.1 Å². The van der Waals surface area contributed by atoms with Crippen LogP contribution in [0.2, 0.25) is 0 Å². The normalized spacial score (nSPS) is 12.0. The first-order valence-corrected chi connectivity index (χ1v) is 14.0. The molecule has 0 saturated heterocycles. The number of amides is 2. The molecule has 2 rings (SSSR count). The van der Waals surface area contributed by atoms with Crippen LogP contribution in [0.1, 0.15) is 49.2 Å². The van der Waals surface area contributed by atoms with Gasteiger partial charge in [0.2, 0.25) is 5.91 Å².